The summed E-state index contributed by atoms with van der Waals surface area (Å²) in [4.78, 5) is 7.96. The summed E-state index contributed by atoms with van der Waals surface area (Å²) in [6.45, 7) is 0. The molecule has 6 nitrogen and oxygen atoms in total. The van der Waals surface area contributed by atoms with Gasteiger partial charge in [0.15, 0.2) is 6.19 Å². The van der Waals surface area contributed by atoms with E-state index in [1.165, 1.54) is 6.33 Å². The van der Waals surface area contributed by atoms with Crippen molar-refractivity contribution in [2.75, 3.05) is 17.7 Å². The summed E-state index contributed by atoms with van der Waals surface area (Å²) < 4.78 is 5.22. The van der Waals surface area contributed by atoms with Crippen molar-refractivity contribution in [2.24, 2.45) is 0 Å². The van der Waals surface area contributed by atoms with Crippen molar-refractivity contribution >= 4 is 17.3 Å². The summed E-state index contributed by atoms with van der Waals surface area (Å²) >= 11 is 0. The van der Waals surface area contributed by atoms with E-state index < -0.39 is 0 Å². The molecule has 1 aromatic heterocycles. The number of nitrogens with one attached hydrogen (secondary N) is 2. The van der Waals surface area contributed by atoms with Crippen LogP contribution >= 0.6 is 0 Å². The van der Waals surface area contributed by atoms with E-state index in [1.807, 2.05) is 24.3 Å². The largest absolute Gasteiger partial charge is 0.495 e. The van der Waals surface area contributed by atoms with Crippen LogP contribution in [0.15, 0.2) is 36.7 Å². The number of benzene rings is 1. The van der Waals surface area contributed by atoms with E-state index >= 15 is 0 Å². The average Bonchev–Trinajstić information content (AvgIpc) is 2.40. The van der Waals surface area contributed by atoms with E-state index in [0.717, 1.165) is 5.69 Å². The average molecular weight is 241 g/mol. The lowest BCUT2D eigenvalue weighted by Gasteiger charge is -2.10. The fraction of sp³-hybridized carbons (Fsp3) is 0.0833. The Hall–Kier alpha value is -2.81. The number of hydrogen-bond donors (Lipinski definition) is 2. The first kappa shape index (κ1) is 11.7. The predicted molar refractivity (Wildman–Crippen MR) is 67.5 cm³/mol. The summed E-state index contributed by atoms with van der Waals surface area (Å²) in [6, 6.07) is 9.12. The van der Waals surface area contributed by atoms with Gasteiger partial charge in [-0.1, -0.05) is 12.1 Å². The molecule has 0 aliphatic rings. The van der Waals surface area contributed by atoms with Gasteiger partial charge in [-0.2, -0.15) is 5.26 Å². The molecule has 90 valence electrons. The van der Waals surface area contributed by atoms with Crippen LogP contribution in [0.2, 0.25) is 0 Å². The van der Waals surface area contributed by atoms with Gasteiger partial charge in [0, 0.05) is 6.07 Å². The molecule has 6 heteroatoms. The summed E-state index contributed by atoms with van der Waals surface area (Å²) in [5.41, 5.74) is 0.793. The minimum atomic E-state index is 0.435. The first-order chi connectivity index (χ1) is 8.83. The number of ether oxygens (including phenoxy) is 1. The maximum Gasteiger partial charge on any atom is 0.182 e. The van der Waals surface area contributed by atoms with Crippen molar-refractivity contribution < 1.29 is 4.74 Å². The van der Waals surface area contributed by atoms with Gasteiger partial charge in [-0.3, -0.25) is 5.32 Å². The number of para-hydroxylation sites is 2. The third-order valence-corrected chi connectivity index (χ3v) is 2.22. The number of rotatable bonds is 4. The zero-order valence-electron chi connectivity index (χ0n) is 9.71. The molecule has 0 atom stereocenters. The Labute approximate surface area is 104 Å². The van der Waals surface area contributed by atoms with Gasteiger partial charge in [0.1, 0.15) is 23.7 Å². The summed E-state index contributed by atoms with van der Waals surface area (Å²) in [6.07, 6.45) is 3.18. The van der Waals surface area contributed by atoms with Crippen LogP contribution in [0.3, 0.4) is 0 Å². The first-order valence-electron chi connectivity index (χ1n) is 5.20. The molecule has 0 unspecified atom stereocenters. The zero-order valence-corrected chi connectivity index (χ0v) is 9.71. The maximum absolute atomic E-state index is 8.52. The van der Waals surface area contributed by atoms with Crippen LogP contribution in [0.1, 0.15) is 0 Å². The molecular formula is C12H11N5O. The normalized spacial score (nSPS) is 9.33. The molecule has 0 aliphatic heterocycles. The Morgan fingerprint density at radius 3 is 2.78 bits per heavy atom. The maximum atomic E-state index is 8.52. The second kappa shape index (κ2) is 5.50. The van der Waals surface area contributed by atoms with Gasteiger partial charge in [0.05, 0.1) is 12.8 Å². The molecule has 2 aromatic rings. The predicted octanol–water partition coefficient (Wildman–Crippen LogP) is 2.12. The smallest absolute Gasteiger partial charge is 0.182 e. The summed E-state index contributed by atoms with van der Waals surface area (Å²) in [5.74, 6) is 1.73. The van der Waals surface area contributed by atoms with Crippen LogP contribution in [0, 0.1) is 11.5 Å². The van der Waals surface area contributed by atoms with E-state index in [-0.39, 0.29) is 0 Å². The standard InChI is InChI=1S/C12H11N5O/c1-18-10-5-3-2-4-9(10)17-12-6-11(14-7-13)15-8-16-12/h2-6,8H,1H3,(H2,14,15,16,17). The van der Waals surface area contributed by atoms with Crippen LogP contribution in [-0.2, 0) is 0 Å². The van der Waals surface area contributed by atoms with Crippen LogP contribution in [0.4, 0.5) is 17.3 Å². The number of anilines is 3. The minimum absolute atomic E-state index is 0.435. The van der Waals surface area contributed by atoms with E-state index in [1.54, 1.807) is 19.4 Å². The van der Waals surface area contributed by atoms with Gasteiger partial charge in [0.2, 0.25) is 0 Å². The lowest BCUT2D eigenvalue weighted by Crippen LogP contribution is -1.99. The third kappa shape index (κ3) is 2.65. The number of aromatic nitrogens is 2. The lowest BCUT2D eigenvalue weighted by molar-refractivity contribution is 0.417. The van der Waals surface area contributed by atoms with Crippen molar-refractivity contribution in [1.29, 1.82) is 5.26 Å². The van der Waals surface area contributed by atoms with Crippen molar-refractivity contribution in [3.63, 3.8) is 0 Å². The van der Waals surface area contributed by atoms with Crippen molar-refractivity contribution in [2.45, 2.75) is 0 Å². The van der Waals surface area contributed by atoms with Crippen LogP contribution in [-0.4, -0.2) is 17.1 Å². The van der Waals surface area contributed by atoms with E-state index in [2.05, 4.69) is 20.6 Å². The monoisotopic (exact) mass is 241 g/mol. The highest BCUT2D eigenvalue weighted by Gasteiger charge is 2.03. The van der Waals surface area contributed by atoms with Gasteiger partial charge in [-0.25, -0.2) is 9.97 Å². The van der Waals surface area contributed by atoms with Gasteiger partial charge in [-0.05, 0) is 12.1 Å². The molecule has 0 radical (unpaired) electrons. The molecular weight excluding hydrogens is 230 g/mol. The summed E-state index contributed by atoms with van der Waals surface area (Å²) in [5, 5.41) is 14.1. The quantitative estimate of drug-likeness (QED) is 0.630. The summed E-state index contributed by atoms with van der Waals surface area (Å²) in [7, 11) is 1.60. The molecule has 2 rings (SSSR count). The Morgan fingerprint density at radius 2 is 2.00 bits per heavy atom. The minimum Gasteiger partial charge on any atom is -0.495 e. The van der Waals surface area contributed by atoms with Gasteiger partial charge < -0.3 is 10.1 Å². The molecule has 0 amide bonds. The van der Waals surface area contributed by atoms with Crippen molar-refractivity contribution in [3.05, 3.63) is 36.7 Å². The highest BCUT2D eigenvalue weighted by molar-refractivity contribution is 5.65. The van der Waals surface area contributed by atoms with Crippen LogP contribution < -0.4 is 15.4 Å². The fourth-order valence-corrected chi connectivity index (χ4v) is 1.44. The number of hydrogen-bond acceptors (Lipinski definition) is 6. The molecule has 0 saturated heterocycles. The molecule has 0 spiro atoms. The molecule has 0 aliphatic carbocycles. The van der Waals surface area contributed by atoms with Crippen molar-refractivity contribution in [1.82, 2.24) is 9.97 Å². The molecule has 0 bridgehead atoms. The Balaban J connectivity index is 2.23. The van der Waals surface area contributed by atoms with Crippen LogP contribution in [0.5, 0.6) is 5.75 Å². The van der Waals surface area contributed by atoms with E-state index in [0.29, 0.717) is 17.4 Å². The number of methoxy groups -OCH3 is 1. The van der Waals surface area contributed by atoms with Gasteiger partial charge in [0.25, 0.3) is 0 Å². The number of nitriles is 1. The third-order valence-electron chi connectivity index (χ3n) is 2.22. The molecule has 0 fully saturated rings. The topological polar surface area (TPSA) is 82.9 Å². The Kier molecular flexibility index (Phi) is 3.56. The second-order valence-electron chi connectivity index (χ2n) is 3.35. The van der Waals surface area contributed by atoms with Gasteiger partial charge in [-0.15, -0.1) is 0 Å². The molecule has 2 N–H and O–H groups in total. The highest BCUT2D eigenvalue weighted by Crippen LogP contribution is 2.26. The van der Waals surface area contributed by atoms with Crippen LogP contribution in [0.25, 0.3) is 0 Å². The SMILES string of the molecule is COc1ccccc1Nc1cc(NC#N)ncn1. The molecule has 0 saturated carbocycles. The molecule has 1 aromatic carbocycles. The molecule has 1 heterocycles. The zero-order chi connectivity index (χ0) is 12.8. The molecule has 18 heavy (non-hydrogen) atoms. The van der Waals surface area contributed by atoms with Crippen molar-refractivity contribution in [3.8, 4) is 11.9 Å². The highest BCUT2D eigenvalue weighted by atomic mass is 16.5. The Bertz CT molecular complexity index is 579. The lowest BCUT2D eigenvalue weighted by atomic mass is 10.3. The van der Waals surface area contributed by atoms with Gasteiger partial charge >= 0.3 is 0 Å². The van der Waals surface area contributed by atoms with E-state index in [4.69, 9.17) is 10.00 Å². The first-order valence-corrected chi connectivity index (χ1v) is 5.20. The second-order valence-corrected chi connectivity index (χ2v) is 3.35. The fourth-order valence-electron chi connectivity index (χ4n) is 1.44. The van der Waals surface area contributed by atoms with E-state index in [9.17, 15) is 0 Å². The number of nitrogens with zero attached hydrogens (tertiary/aromatic N) is 3. The Morgan fingerprint density at radius 1 is 1.22 bits per heavy atom.